The number of piperidine rings is 1. The Labute approximate surface area is 182 Å². The Bertz CT molecular complexity index is 786. The highest BCUT2D eigenvalue weighted by Gasteiger charge is 2.37. The normalized spacial score (nSPS) is 21.5. The molecule has 7 heteroatoms. The molecule has 2 fully saturated rings. The highest BCUT2D eigenvalue weighted by atomic mass is 32.2. The number of carbonyl (C=O) groups is 1. The van der Waals surface area contributed by atoms with E-state index in [9.17, 15) is 13.2 Å². The number of hydrogen-bond acceptors (Lipinski definition) is 4. The lowest BCUT2D eigenvalue weighted by Gasteiger charge is -2.30. The summed E-state index contributed by atoms with van der Waals surface area (Å²) in [5.74, 6) is 0.810. The second-order valence-electron chi connectivity index (χ2n) is 8.93. The molecule has 1 atom stereocenters. The lowest BCUT2D eigenvalue weighted by atomic mass is 9.99. The van der Waals surface area contributed by atoms with Gasteiger partial charge in [0.25, 0.3) is 0 Å². The maximum Gasteiger partial charge on any atom is 0.238 e. The summed E-state index contributed by atoms with van der Waals surface area (Å²) in [6.45, 7) is 8.57. The number of hydrogen-bond donors (Lipinski definition) is 1. The molecule has 2 aliphatic heterocycles. The van der Waals surface area contributed by atoms with Crippen molar-refractivity contribution in [3.63, 3.8) is 0 Å². The number of nitrogens with zero attached hydrogens (tertiary/aromatic N) is 2. The van der Waals surface area contributed by atoms with Gasteiger partial charge in [0.2, 0.25) is 15.9 Å². The van der Waals surface area contributed by atoms with Crippen LogP contribution in [0.4, 0.5) is 0 Å². The van der Waals surface area contributed by atoms with Gasteiger partial charge in [-0.3, -0.25) is 9.69 Å². The number of sulfonamides is 1. The highest BCUT2D eigenvalue weighted by molar-refractivity contribution is 7.89. The molecule has 6 nitrogen and oxygen atoms in total. The van der Waals surface area contributed by atoms with E-state index in [4.69, 9.17) is 0 Å². The van der Waals surface area contributed by atoms with E-state index in [0.29, 0.717) is 25.9 Å². The van der Waals surface area contributed by atoms with Crippen LogP contribution in [0.25, 0.3) is 0 Å². The lowest BCUT2D eigenvalue weighted by Crippen LogP contribution is -2.47. The number of nitrogens with one attached hydrogen (secondary N) is 1. The minimum Gasteiger partial charge on any atom is -0.351 e. The third kappa shape index (κ3) is 6.28. The number of likely N-dealkylation sites (tertiary alicyclic amines) is 1. The molecule has 0 aliphatic carbocycles. The smallest absolute Gasteiger partial charge is 0.238 e. The van der Waals surface area contributed by atoms with Gasteiger partial charge in [0.15, 0.2) is 0 Å². The molecule has 30 heavy (non-hydrogen) atoms. The van der Waals surface area contributed by atoms with E-state index in [1.54, 1.807) is 0 Å². The first-order valence-corrected chi connectivity index (χ1v) is 13.1. The zero-order valence-corrected chi connectivity index (χ0v) is 19.3. The third-order valence-electron chi connectivity index (χ3n) is 6.39. The van der Waals surface area contributed by atoms with E-state index in [0.717, 1.165) is 44.0 Å². The minimum absolute atomic E-state index is 0.153. The van der Waals surface area contributed by atoms with Gasteiger partial charge in [0.05, 0.1) is 5.75 Å². The largest absolute Gasteiger partial charge is 0.351 e. The second-order valence-corrected chi connectivity index (χ2v) is 11.0. The molecule has 1 N–H and O–H groups in total. The van der Waals surface area contributed by atoms with Crippen LogP contribution < -0.4 is 5.32 Å². The quantitative estimate of drug-likeness (QED) is 0.647. The number of amides is 1. The molecule has 3 rings (SSSR count). The van der Waals surface area contributed by atoms with Gasteiger partial charge in [-0.2, -0.15) is 4.31 Å². The summed E-state index contributed by atoms with van der Waals surface area (Å²) in [5, 5.41) is 2.97. The van der Waals surface area contributed by atoms with Crippen LogP contribution >= 0.6 is 0 Å². The van der Waals surface area contributed by atoms with Crippen molar-refractivity contribution in [1.82, 2.24) is 14.5 Å². The van der Waals surface area contributed by atoms with Crippen molar-refractivity contribution < 1.29 is 13.2 Å². The molecule has 0 aromatic heterocycles. The molecule has 1 amide bonds. The fourth-order valence-corrected chi connectivity index (χ4v) is 6.08. The summed E-state index contributed by atoms with van der Waals surface area (Å²) in [6.07, 6.45) is 5.51. The van der Waals surface area contributed by atoms with Crippen LogP contribution in [-0.4, -0.2) is 55.0 Å². The van der Waals surface area contributed by atoms with Crippen molar-refractivity contribution in [3.05, 3.63) is 35.4 Å². The summed E-state index contributed by atoms with van der Waals surface area (Å²) in [7, 11) is -3.30. The SMILES string of the molecule is CCCC[C@@H](C(=O)NCc1ccc(CN2CCC(C)CC2)cc1)N1CCCS1(=O)=O. The van der Waals surface area contributed by atoms with Crippen molar-refractivity contribution >= 4 is 15.9 Å². The van der Waals surface area contributed by atoms with E-state index in [1.165, 1.54) is 22.7 Å². The summed E-state index contributed by atoms with van der Waals surface area (Å²) < 4.78 is 26.0. The topological polar surface area (TPSA) is 69.7 Å². The Hall–Kier alpha value is -1.44. The Balaban J connectivity index is 1.53. The number of carbonyl (C=O) groups excluding carboxylic acids is 1. The van der Waals surface area contributed by atoms with E-state index < -0.39 is 16.1 Å². The monoisotopic (exact) mass is 435 g/mol. The molecule has 1 aromatic carbocycles. The van der Waals surface area contributed by atoms with Crippen molar-refractivity contribution in [3.8, 4) is 0 Å². The first-order chi connectivity index (χ1) is 14.4. The average Bonchev–Trinajstić information content (AvgIpc) is 3.08. The average molecular weight is 436 g/mol. The summed E-state index contributed by atoms with van der Waals surface area (Å²) in [5.41, 5.74) is 2.33. The predicted octanol–water partition coefficient (Wildman–Crippen LogP) is 3.13. The molecule has 2 aliphatic rings. The van der Waals surface area contributed by atoms with Crippen LogP contribution in [0.3, 0.4) is 0 Å². The van der Waals surface area contributed by atoms with Crippen LogP contribution in [0.15, 0.2) is 24.3 Å². The summed E-state index contributed by atoms with van der Waals surface area (Å²) in [6, 6.07) is 7.82. The second kappa shape index (κ2) is 10.7. The molecule has 2 heterocycles. The van der Waals surface area contributed by atoms with E-state index in [2.05, 4.69) is 48.3 Å². The number of benzene rings is 1. The standard InChI is InChI=1S/C23H37N3O3S/c1-3-4-6-22(26-13-5-16-30(26,28)29)23(27)24-17-20-7-9-21(10-8-20)18-25-14-11-19(2)12-15-25/h7-10,19,22H,3-6,11-18H2,1-2H3,(H,24,27)/t22-/m0/s1. The first-order valence-electron chi connectivity index (χ1n) is 11.5. The molecule has 2 saturated heterocycles. The van der Waals surface area contributed by atoms with Gasteiger partial charge >= 0.3 is 0 Å². The Kier molecular flexibility index (Phi) is 8.31. The van der Waals surface area contributed by atoms with Gasteiger partial charge in [-0.15, -0.1) is 0 Å². The van der Waals surface area contributed by atoms with Crippen molar-refractivity contribution in [2.24, 2.45) is 5.92 Å². The van der Waals surface area contributed by atoms with Gasteiger partial charge in [-0.1, -0.05) is 51.0 Å². The zero-order chi connectivity index (χ0) is 21.6. The van der Waals surface area contributed by atoms with Gasteiger partial charge in [-0.05, 0) is 55.8 Å². The molecule has 0 saturated carbocycles. The van der Waals surface area contributed by atoms with E-state index in [-0.39, 0.29) is 11.7 Å². The molecule has 1 aromatic rings. The van der Waals surface area contributed by atoms with Crippen molar-refractivity contribution in [2.75, 3.05) is 25.4 Å². The van der Waals surface area contributed by atoms with Crippen molar-refractivity contribution in [1.29, 1.82) is 0 Å². The van der Waals surface area contributed by atoms with Gasteiger partial charge in [-0.25, -0.2) is 8.42 Å². The Morgan fingerprint density at radius 3 is 2.40 bits per heavy atom. The number of unbranched alkanes of at least 4 members (excludes halogenated alkanes) is 1. The number of rotatable bonds is 9. The molecule has 0 unspecified atom stereocenters. The summed E-state index contributed by atoms with van der Waals surface area (Å²) in [4.78, 5) is 15.3. The molecule has 168 valence electrons. The molecule has 0 bridgehead atoms. The van der Waals surface area contributed by atoms with Crippen LogP contribution in [0.5, 0.6) is 0 Å². The van der Waals surface area contributed by atoms with Crippen LogP contribution in [0.2, 0.25) is 0 Å². The van der Waals surface area contributed by atoms with Crippen molar-refractivity contribution in [2.45, 2.75) is 71.5 Å². The van der Waals surface area contributed by atoms with Crippen LogP contribution in [-0.2, 0) is 27.9 Å². The maximum absolute atomic E-state index is 12.8. The maximum atomic E-state index is 12.8. The lowest BCUT2D eigenvalue weighted by molar-refractivity contribution is -0.125. The van der Waals surface area contributed by atoms with Gasteiger partial charge in [0, 0.05) is 19.6 Å². The fourth-order valence-electron chi connectivity index (χ4n) is 4.36. The molecular weight excluding hydrogens is 398 g/mol. The fraction of sp³-hybridized carbons (Fsp3) is 0.696. The molecule has 0 spiro atoms. The minimum atomic E-state index is -3.30. The van der Waals surface area contributed by atoms with Crippen LogP contribution in [0, 0.1) is 5.92 Å². The summed E-state index contributed by atoms with van der Waals surface area (Å²) >= 11 is 0. The third-order valence-corrected chi connectivity index (χ3v) is 8.35. The van der Waals surface area contributed by atoms with E-state index in [1.807, 2.05) is 0 Å². The van der Waals surface area contributed by atoms with Crippen LogP contribution in [0.1, 0.15) is 63.5 Å². The predicted molar refractivity (Wildman–Crippen MR) is 120 cm³/mol. The zero-order valence-electron chi connectivity index (χ0n) is 18.5. The van der Waals surface area contributed by atoms with Gasteiger partial charge in [0.1, 0.15) is 6.04 Å². The Morgan fingerprint density at radius 2 is 1.80 bits per heavy atom. The Morgan fingerprint density at radius 1 is 1.13 bits per heavy atom. The highest BCUT2D eigenvalue weighted by Crippen LogP contribution is 2.21. The van der Waals surface area contributed by atoms with Gasteiger partial charge < -0.3 is 5.32 Å². The van der Waals surface area contributed by atoms with E-state index >= 15 is 0 Å². The molecular formula is C23H37N3O3S. The first kappa shape index (κ1) is 23.2. The molecule has 0 radical (unpaired) electrons.